The molecule has 0 fully saturated rings. The number of aryl methyl sites for hydroxylation is 1. The van der Waals surface area contributed by atoms with E-state index in [2.05, 4.69) is 9.97 Å². The summed E-state index contributed by atoms with van der Waals surface area (Å²) >= 11 is 0. The molecule has 6 heteroatoms. The average Bonchev–Trinajstić information content (AvgIpc) is 2.37. The summed E-state index contributed by atoms with van der Waals surface area (Å²) in [7, 11) is 0. The van der Waals surface area contributed by atoms with Crippen LogP contribution in [-0.4, -0.2) is 35.1 Å². The van der Waals surface area contributed by atoms with E-state index < -0.39 is 11.8 Å². The maximum absolute atomic E-state index is 14.2. The second kappa shape index (κ2) is 7.01. The molecule has 1 aromatic rings. The van der Waals surface area contributed by atoms with Gasteiger partial charge in [-0.05, 0) is 27.2 Å². The number of esters is 1. The van der Waals surface area contributed by atoms with Gasteiger partial charge in [0.15, 0.2) is 11.6 Å². The van der Waals surface area contributed by atoms with E-state index in [1.54, 1.807) is 11.8 Å². The van der Waals surface area contributed by atoms with E-state index in [-0.39, 0.29) is 18.4 Å². The Bertz CT molecular complexity index is 438. The number of ether oxygens (including phenoxy) is 1. The Morgan fingerprint density at radius 2 is 2.11 bits per heavy atom. The highest BCUT2D eigenvalue weighted by molar-refractivity contribution is 5.75. The van der Waals surface area contributed by atoms with Gasteiger partial charge in [0.2, 0.25) is 0 Å². The standard InChI is InChI=1S/C13H20FN3O2/c1-5-10-12(14)13(16-8-15-10)17(9(3)4)7-11(18)19-6-2/h8-9H,5-7H2,1-4H3. The first-order valence-electron chi connectivity index (χ1n) is 6.42. The average molecular weight is 269 g/mol. The van der Waals surface area contributed by atoms with Gasteiger partial charge in [-0.2, -0.15) is 0 Å². The molecule has 1 aromatic heterocycles. The van der Waals surface area contributed by atoms with E-state index in [1.165, 1.54) is 6.33 Å². The van der Waals surface area contributed by atoms with Crippen LogP contribution in [0, 0.1) is 5.82 Å². The van der Waals surface area contributed by atoms with Crippen molar-refractivity contribution in [3.05, 3.63) is 17.8 Å². The molecular formula is C13H20FN3O2. The number of nitrogens with zero attached hydrogens (tertiary/aromatic N) is 3. The number of carbonyl (C=O) groups excluding carboxylic acids is 1. The zero-order chi connectivity index (χ0) is 14.4. The molecule has 0 amide bonds. The Kier molecular flexibility index (Phi) is 5.66. The van der Waals surface area contributed by atoms with Crippen molar-refractivity contribution < 1.29 is 13.9 Å². The molecule has 0 aliphatic heterocycles. The summed E-state index contributed by atoms with van der Waals surface area (Å²) < 4.78 is 19.1. The molecule has 0 aliphatic rings. The fourth-order valence-electron chi connectivity index (χ4n) is 1.69. The smallest absolute Gasteiger partial charge is 0.325 e. The molecule has 106 valence electrons. The Morgan fingerprint density at radius 3 is 2.63 bits per heavy atom. The van der Waals surface area contributed by atoms with E-state index in [1.807, 2.05) is 20.8 Å². The van der Waals surface area contributed by atoms with Crippen LogP contribution >= 0.6 is 0 Å². The van der Waals surface area contributed by atoms with Crippen molar-refractivity contribution in [2.24, 2.45) is 0 Å². The van der Waals surface area contributed by atoms with Crippen molar-refractivity contribution in [2.45, 2.75) is 40.2 Å². The number of carbonyl (C=O) groups is 1. The first-order chi connectivity index (χ1) is 9.01. The third-order valence-electron chi connectivity index (χ3n) is 2.68. The topological polar surface area (TPSA) is 55.3 Å². The molecule has 0 spiro atoms. The predicted octanol–water partition coefficient (Wildman–Crippen LogP) is 1.96. The number of halogens is 1. The van der Waals surface area contributed by atoms with Crippen LogP contribution in [0.4, 0.5) is 10.2 Å². The van der Waals surface area contributed by atoms with Crippen LogP contribution in [0.5, 0.6) is 0 Å². The fraction of sp³-hybridized carbons (Fsp3) is 0.615. The Labute approximate surface area is 112 Å². The summed E-state index contributed by atoms with van der Waals surface area (Å²) in [6.07, 6.45) is 1.80. The number of aromatic nitrogens is 2. The normalized spacial score (nSPS) is 10.6. The predicted molar refractivity (Wildman–Crippen MR) is 70.5 cm³/mol. The summed E-state index contributed by atoms with van der Waals surface area (Å²) in [6.45, 7) is 7.57. The number of anilines is 1. The molecular weight excluding hydrogens is 249 g/mol. The summed E-state index contributed by atoms with van der Waals surface area (Å²) in [6, 6.07) is -0.0708. The molecule has 0 saturated heterocycles. The number of hydrogen-bond acceptors (Lipinski definition) is 5. The Hall–Kier alpha value is -1.72. The second-order valence-corrected chi connectivity index (χ2v) is 4.34. The minimum absolute atomic E-state index is 0.0252. The third kappa shape index (κ3) is 3.87. The first kappa shape index (κ1) is 15.3. The van der Waals surface area contributed by atoms with Gasteiger partial charge in [-0.1, -0.05) is 6.92 Å². The van der Waals surface area contributed by atoms with Crippen LogP contribution in [0.1, 0.15) is 33.4 Å². The van der Waals surface area contributed by atoms with Crippen molar-refractivity contribution in [3.63, 3.8) is 0 Å². The minimum Gasteiger partial charge on any atom is -0.465 e. The van der Waals surface area contributed by atoms with Gasteiger partial charge >= 0.3 is 5.97 Å². The third-order valence-corrected chi connectivity index (χ3v) is 2.68. The molecule has 0 aliphatic carbocycles. The monoisotopic (exact) mass is 269 g/mol. The van der Waals surface area contributed by atoms with Gasteiger partial charge in [0.05, 0.1) is 12.3 Å². The van der Waals surface area contributed by atoms with E-state index in [0.29, 0.717) is 18.7 Å². The lowest BCUT2D eigenvalue weighted by molar-refractivity contribution is -0.141. The van der Waals surface area contributed by atoms with Gasteiger partial charge in [-0.15, -0.1) is 0 Å². The van der Waals surface area contributed by atoms with Gasteiger partial charge in [0.1, 0.15) is 12.9 Å². The molecule has 0 bridgehead atoms. The van der Waals surface area contributed by atoms with Crippen LogP contribution < -0.4 is 4.90 Å². The number of hydrogen-bond donors (Lipinski definition) is 0. The van der Waals surface area contributed by atoms with Crippen molar-refractivity contribution in [2.75, 3.05) is 18.1 Å². The van der Waals surface area contributed by atoms with E-state index >= 15 is 0 Å². The number of rotatable bonds is 6. The van der Waals surface area contributed by atoms with Crippen molar-refractivity contribution in [1.29, 1.82) is 0 Å². The molecule has 0 N–H and O–H groups in total. The molecule has 0 aromatic carbocycles. The lowest BCUT2D eigenvalue weighted by Gasteiger charge is -2.27. The minimum atomic E-state index is -0.469. The van der Waals surface area contributed by atoms with E-state index in [0.717, 1.165) is 0 Å². The fourth-order valence-corrected chi connectivity index (χ4v) is 1.69. The van der Waals surface area contributed by atoms with Crippen molar-refractivity contribution in [1.82, 2.24) is 9.97 Å². The van der Waals surface area contributed by atoms with Crippen LogP contribution in [0.15, 0.2) is 6.33 Å². The van der Waals surface area contributed by atoms with Gasteiger partial charge in [0, 0.05) is 6.04 Å². The Morgan fingerprint density at radius 1 is 1.42 bits per heavy atom. The molecule has 5 nitrogen and oxygen atoms in total. The van der Waals surface area contributed by atoms with Crippen molar-refractivity contribution >= 4 is 11.8 Å². The van der Waals surface area contributed by atoms with Crippen LogP contribution in [0.3, 0.4) is 0 Å². The highest BCUT2D eigenvalue weighted by atomic mass is 19.1. The first-order valence-corrected chi connectivity index (χ1v) is 6.42. The maximum atomic E-state index is 14.2. The zero-order valence-corrected chi connectivity index (χ0v) is 11.8. The molecule has 0 unspecified atom stereocenters. The van der Waals surface area contributed by atoms with Gasteiger partial charge in [-0.25, -0.2) is 14.4 Å². The molecule has 0 atom stereocenters. The lowest BCUT2D eigenvalue weighted by Crippen LogP contribution is -2.38. The van der Waals surface area contributed by atoms with Crippen LogP contribution in [-0.2, 0) is 16.0 Å². The molecule has 1 rings (SSSR count). The van der Waals surface area contributed by atoms with Gasteiger partial charge in [-0.3, -0.25) is 4.79 Å². The van der Waals surface area contributed by atoms with E-state index in [4.69, 9.17) is 4.74 Å². The van der Waals surface area contributed by atoms with Gasteiger partial charge in [0.25, 0.3) is 0 Å². The SMILES string of the molecule is CCOC(=O)CN(c1ncnc(CC)c1F)C(C)C. The van der Waals surface area contributed by atoms with Gasteiger partial charge < -0.3 is 9.64 Å². The molecule has 1 heterocycles. The summed E-state index contributed by atoms with van der Waals surface area (Å²) in [4.78, 5) is 21.0. The highest BCUT2D eigenvalue weighted by Crippen LogP contribution is 2.20. The quantitative estimate of drug-likeness (QED) is 0.739. The maximum Gasteiger partial charge on any atom is 0.325 e. The second-order valence-electron chi connectivity index (χ2n) is 4.34. The largest absolute Gasteiger partial charge is 0.465 e. The lowest BCUT2D eigenvalue weighted by atomic mass is 10.2. The van der Waals surface area contributed by atoms with Crippen molar-refractivity contribution in [3.8, 4) is 0 Å². The zero-order valence-electron chi connectivity index (χ0n) is 11.8. The highest BCUT2D eigenvalue weighted by Gasteiger charge is 2.22. The molecule has 0 radical (unpaired) electrons. The van der Waals surface area contributed by atoms with Crippen LogP contribution in [0.25, 0.3) is 0 Å². The van der Waals surface area contributed by atoms with E-state index in [9.17, 15) is 9.18 Å². The van der Waals surface area contributed by atoms with Crippen LogP contribution in [0.2, 0.25) is 0 Å². The summed E-state index contributed by atoms with van der Waals surface area (Å²) in [5.74, 6) is -0.717. The molecule has 0 saturated carbocycles. The summed E-state index contributed by atoms with van der Waals surface area (Å²) in [5, 5.41) is 0. The molecule has 19 heavy (non-hydrogen) atoms. The Balaban J connectivity index is 3.02. The summed E-state index contributed by atoms with van der Waals surface area (Å²) in [5.41, 5.74) is 0.347.